The van der Waals surface area contributed by atoms with Gasteiger partial charge in [-0.2, -0.15) is 13.2 Å². The lowest BCUT2D eigenvalue weighted by molar-refractivity contribution is -0.138. The quantitative estimate of drug-likeness (QED) is 0.193. The van der Waals surface area contributed by atoms with Gasteiger partial charge in [-0.05, 0) is 98.4 Å². The SMILES string of the molecule is COc1cc(C(=O)CC2CCC(N3CCN(CC4CC4)CC3)CC2)ccc1Nc1ncc(C(F)(F)F)c(C[C@@H]2Cc3ccccc3[C@H]2NC(C)=O)n1. The van der Waals surface area contributed by atoms with Crippen molar-refractivity contribution in [3.63, 3.8) is 0 Å². The van der Waals surface area contributed by atoms with Crippen molar-refractivity contribution in [3.8, 4) is 5.75 Å². The molecule has 2 aromatic carbocycles. The smallest absolute Gasteiger partial charge is 0.419 e. The maximum Gasteiger partial charge on any atom is 0.419 e. The van der Waals surface area contributed by atoms with E-state index in [9.17, 15) is 22.8 Å². The molecule has 278 valence electrons. The van der Waals surface area contributed by atoms with Crippen molar-refractivity contribution in [2.24, 2.45) is 17.8 Å². The number of hydrogen-bond donors (Lipinski definition) is 2. The molecule has 52 heavy (non-hydrogen) atoms. The zero-order chi connectivity index (χ0) is 36.4. The number of rotatable bonds is 12. The van der Waals surface area contributed by atoms with Crippen LogP contribution in [0.25, 0.3) is 0 Å². The van der Waals surface area contributed by atoms with E-state index < -0.39 is 17.8 Å². The van der Waals surface area contributed by atoms with Gasteiger partial charge in [0, 0.05) is 63.9 Å². The number of methoxy groups -OCH3 is 1. The Bertz CT molecular complexity index is 1750. The first kappa shape index (κ1) is 36.3. The van der Waals surface area contributed by atoms with Gasteiger partial charge in [0.1, 0.15) is 5.75 Å². The van der Waals surface area contributed by atoms with Crippen molar-refractivity contribution in [1.29, 1.82) is 0 Å². The van der Waals surface area contributed by atoms with Crippen LogP contribution in [0.2, 0.25) is 0 Å². The molecule has 3 aliphatic carbocycles. The Balaban J connectivity index is 0.984. The molecule has 2 heterocycles. The molecule has 3 aromatic rings. The first-order valence-corrected chi connectivity index (χ1v) is 18.8. The fourth-order valence-electron chi connectivity index (χ4n) is 8.56. The number of fused-ring (bicyclic) bond motifs is 1. The molecule has 1 aliphatic heterocycles. The van der Waals surface area contributed by atoms with Crippen LogP contribution in [-0.2, 0) is 23.8 Å². The third-order valence-corrected chi connectivity index (χ3v) is 11.5. The largest absolute Gasteiger partial charge is 0.495 e. The summed E-state index contributed by atoms with van der Waals surface area (Å²) in [6.07, 6.45) is 4.25. The van der Waals surface area contributed by atoms with Crippen molar-refractivity contribution < 1.29 is 27.5 Å². The minimum atomic E-state index is -4.66. The third kappa shape index (κ3) is 8.60. The zero-order valence-corrected chi connectivity index (χ0v) is 30.1. The number of Topliss-reactive ketones (excluding diaryl/α,β-unsaturated/α-hetero) is 1. The minimum Gasteiger partial charge on any atom is -0.495 e. The lowest BCUT2D eigenvalue weighted by Gasteiger charge is -2.42. The maximum absolute atomic E-state index is 14.2. The Morgan fingerprint density at radius 1 is 0.962 bits per heavy atom. The molecule has 1 aromatic heterocycles. The van der Waals surface area contributed by atoms with Crippen LogP contribution >= 0.6 is 0 Å². The van der Waals surface area contributed by atoms with E-state index in [1.54, 1.807) is 18.2 Å². The van der Waals surface area contributed by atoms with E-state index in [1.165, 1.54) is 46.5 Å². The molecule has 2 saturated carbocycles. The summed E-state index contributed by atoms with van der Waals surface area (Å²) in [7, 11) is 1.49. The van der Waals surface area contributed by atoms with E-state index in [0.29, 0.717) is 41.8 Å². The Morgan fingerprint density at radius 2 is 1.69 bits per heavy atom. The van der Waals surface area contributed by atoms with Crippen LogP contribution in [0.3, 0.4) is 0 Å². The first-order valence-electron chi connectivity index (χ1n) is 18.8. The fraction of sp³-hybridized carbons (Fsp3) is 0.550. The highest BCUT2D eigenvalue weighted by molar-refractivity contribution is 5.97. The van der Waals surface area contributed by atoms with E-state index in [1.807, 2.05) is 24.3 Å². The third-order valence-electron chi connectivity index (χ3n) is 11.5. The molecule has 0 radical (unpaired) electrons. The predicted molar refractivity (Wildman–Crippen MR) is 193 cm³/mol. The minimum absolute atomic E-state index is 0.0187. The number of amides is 1. The summed E-state index contributed by atoms with van der Waals surface area (Å²) in [5.41, 5.74) is 1.80. The highest BCUT2D eigenvalue weighted by Gasteiger charge is 2.39. The molecule has 0 spiro atoms. The molecule has 3 fully saturated rings. The van der Waals surface area contributed by atoms with Crippen LogP contribution in [0.15, 0.2) is 48.7 Å². The van der Waals surface area contributed by atoms with E-state index in [4.69, 9.17) is 4.74 Å². The van der Waals surface area contributed by atoms with Gasteiger partial charge in [0.05, 0.1) is 30.1 Å². The van der Waals surface area contributed by atoms with E-state index in [0.717, 1.165) is 62.0 Å². The molecule has 2 N–H and O–H groups in total. The second-order valence-corrected chi connectivity index (χ2v) is 15.2. The molecule has 0 bridgehead atoms. The Morgan fingerprint density at radius 3 is 2.38 bits per heavy atom. The topological polar surface area (TPSA) is 99.7 Å². The van der Waals surface area contributed by atoms with Gasteiger partial charge in [-0.15, -0.1) is 0 Å². The van der Waals surface area contributed by atoms with Crippen LogP contribution in [0.5, 0.6) is 5.75 Å². The van der Waals surface area contributed by atoms with Crippen molar-refractivity contribution in [3.05, 3.63) is 76.6 Å². The summed E-state index contributed by atoms with van der Waals surface area (Å²) in [5.74, 6) is 1.11. The summed E-state index contributed by atoms with van der Waals surface area (Å²) < 4.78 is 48.2. The Labute approximate surface area is 303 Å². The van der Waals surface area contributed by atoms with Gasteiger partial charge in [-0.25, -0.2) is 9.97 Å². The van der Waals surface area contributed by atoms with Crippen molar-refractivity contribution in [2.45, 2.75) is 83.0 Å². The van der Waals surface area contributed by atoms with Gasteiger partial charge in [-0.3, -0.25) is 14.5 Å². The van der Waals surface area contributed by atoms with Gasteiger partial charge < -0.3 is 20.3 Å². The standard InChI is InChI=1S/C40H49F3N6O3/c1-25(50)45-38-30(20-28-5-3-4-6-32(28)38)21-35-33(40(41,42)43)23-44-39(47-35)46-34-14-11-29(22-37(34)52-2)36(51)19-26-9-12-31(13-10-26)49-17-15-48(16-18-49)24-27-7-8-27/h3-6,11,14,22-23,26-27,30-31,38H,7-10,12-13,15-21,24H2,1-2H3,(H,45,50)(H,44,46,47)/t26?,30-,31?,38-/m0/s1. The number of nitrogens with zero attached hydrogens (tertiary/aromatic N) is 4. The summed E-state index contributed by atoms with van der Waals surface area (Å²) in [6, 6.07) is 12.8. The van der Waals surface area contributed by atoms with Crippen LogP contribution in [0.4, 0.5) is 24.8 Å². The lowest BCUT2D eigenvalue weighted by Crippen LogP contribution is -2.51. The molecule has 9 nitrogen and oxygen atoms in total. The van der Waals surface area contributed by atoms with E-state index >= 15 is 0 Å². The summed E-state index contributed by atoms with van der Waals surface area (Å²) in [6.45, 7) is 7.31. The number of piperazine rings is 1. The highest BCUT2D eigenvalue weighted by atomic mass is 19.4. The molecule has 4 aliphatic rings. The number of nitrogens with one attached hydrogen (secondary N) is 2. The molecular formula is C40H49F3N6O3. The number of ether oxygens (including phenoxy) is 1. The molecule has 1 saturated heterocycles. The molecule has 12 heteroatoms. The van der Waals surface area contributed by atoms with Crippen molar-refractivity contribution in [1.82, 2.24) is 25.1 Å². The van der Waals surface area contributed by atoms with Crippen LogP contribution in [-0.4, -0.2) is 77.3 Å². The predicted octanol–water partition coefficient (Wildman–Crippen LogP) is 7.00. The van der Waals surface area contributed by atoms with Gasteiger partial charge in [0.25, 0.3) is 0 Å². The Kier molecular flexibility index (Phi) is 10.8. The van der Waals surface area contributed by atoms with Gasteiger partial charge in [-0.1, -0.05) is 24.3 Å². The van der Waals surface area contributed by atoms with Crippen LogP contribution in [0.1, 0.15) is 90.7 Å². The molecule has 2 atom stereocenters. The van der Waals surface area contributed by atoms with Gasteiger partial charge >= 0.3 is 6.18 Å². The molecule has 7 rings (SSSR count). The van der Waals surface area contributed by atoms with Gasteiger partial charge in [0.15, 0.2) is 5.78 Å². The highest BCUT2D eigenvalue weighted by Crippen LogP contribution is 2.41. The average Bonchev–Trinajstić information content (AvgIpc) is 3.88. The normalized spacial score (nSPS) is 23.9. The van der Waals surface area contributed by atoms with Crippen molar-refractivity contribution >= 4 is 23.3 Å². The second kappa shape index (κ2) is 15.5. The van der Waals surface area contributed by atoms with E-state index in [-0.39, 0.29) is 35.7 Å². The first-order chi connectivity index (χ1) is 25.0. The maximum atomic E-state index is 14.2. The summed E-state index contributed by atoms with van der Waals surface area (Å²) >= 11 is 0. The number of carbonyl (C=O) groups is 2. The summed E-state index contributed by atoms with van der Waals surface area (Å²) in [5, 5.41) is 5.96. The zero-order valence-electron chi connectivity index (χ0n) is 30.1. The number of halogens is 3. The summed E-state index contributed by atoms with van der Waals surface area (Å²) in [4.78, 5) is 39.1. The Hall–Kier alpha value is -4.03. The monoisotopic (exact) mass is 718 g/mol. The van der Waals surface area contributed by atoms with Gasteiger partial charge in [0.2, 0.25) is 11.9 Å². The lowest BCUT2D eigenvalue weighted by atomic mass is 9.81. The van der Waals surface area contributed by atoms with Crippen molar-refractivity contribution in [2.75, 3.05) is 45.2 Å². The number of carbonyl (C=O) groups excluding carboxylic acids is 2. The number of benzene rings is 2. The average molecular weight is 719 g/mol. The number of alkyl halides is 3. The number of anilines is 2. The van der Waals surface area contributed by atoms with Crippen LogP contribution < -0.4 is 15.4 Å². The van der Waals surface area contributed by atoms with Crippen LogP contribution in [0, 0.1) is 17.8 Å². The molecule has 0 unspecified atom stereocenters. The molecular weight excluding hydrogens is 669 g/mol. The number of aromatic nitrogens is 2. The number of ketones is 1. The second-order valence-electron chi connectivity index (χ2n) is 15.2. The number of hydrogen-bond acceptors (Lipinski definition) is 8. The van der Waals surface area contributed by atoms with E-state index in [2.05, 4.69) is 30.4 Å². The fourth-order valence-corrected chi connectivity index (χ4v) is 8.56. The molecule has 1 amide bonds.